The van der Waals surface area contributed by atoms with Gasteiger partial charge in [-0.15, -0.1) is 0 Å². The van der Waals surface area contributed by atoms with Gasteiger partial charge in [0.25, 0.3) is 0 Å². The highest BCUT2D eigenvalue weighted by Crippen LogP contribution is 2.19. The maximum atomic E-state index is 12.6. The Bertz CT molecular complexity index is 1060. The van der Waals surface area contributed by atoms with Crippen molar-refractivity contribution in [3.63, 3.8) is 0 Å². The maximum absolute atomic E-state index is 12.6. The monoisotopic (exact) mass is 988 g/mol. The Balaban J connectivity index is 3.62. The Kier molecular flexibility index (Phi) is 57.7. The molecule has 1 amide bonds. The standard InChI is InChI=1S/C64H125NO5/c1-3-5-7-9-11-13-15-17-19-21-23-25-27-29-31-32-34-35-37-39-41-43-45-47-49-51-53-55-57-61(67)63(69)60(59-66)65-64(70)62(68)58-56-54-52-50-48-46-44-42-40-38-36-33-30-28-26-24-22-20-18-16-14-12-10-8-6-4-2/h41,43,49,51,60-63,66-69H,3-40,42,44-48,50,52-59H2,1-2H3,(H,65,70)/b43-41+,51-49+. The lowest BCUT2D eigenvalue weighted by Crippen LogP contribution is -2.53. The molecule has 0 bridgehead atoms. The van der Waals surface area contributed by atoms with Gasteiger partial charge < -0.3 is 25.7 Å². The van der Waals surface area contributed by atoms with Crippen LogP contribution in [0, 0.1) is 0 Å². The smallest absolute Gasteiger partial charge is 0.249 e. The molecule has 0 saturated heterocycles. The largest absolute Gasteiger partial charge is 0.394 e. The second-order valence-electron chi connectivity index (χ2n) is 22.1. The van der Waals surface area contributed by atoms with Gasteiger partial charge in [-0.25, -0.2) is 0 Å². The van der Waals surface area contributed by atoms with Gasteiger partial charge in [0, 0.05) is 0 Å². The highest BCUT2D eigenvalue weighted by Gasteiger charge is 2.28. The van der Waals surface area contributed by atoms with E-state index in [1.807, 2.05) is 0 Å². The molecule has 6 heteroatoms. The molecule has 0 saturated carbocycles. The maximum Gasteiger partial charge on any atom is 0.249 e. The lowest BCUT2D eigenvalue weighted by molar-refractivity contribution is -0.132. The molecule has 70 heavy (non-hydrogen) atoms. The molecule has 0 aliphatic heterocycles. The fourth-order valence-electron chi connectivity index (χ4n) is 10.2. The van der Waals surface area contributed by atoms with Gasteiger partial charge in [0.15, 0.2) is 0 Å². The summed E-state index contributed by atoms with van der Waals surface area (Å²) in [5.74, 6) is -0.590. The number of carbonyl (C=O) groups is 1. The van der Waals surface area contributed by atoms with E-state index in [-0.39, 0.29) is 0 Å². The van der Waals surface area contributed by atoms with Crippen molar-refractivity contribution in [2.45, 2.75) is 372 Å². The summed E-state index contributed by atoms with van der Waals surface area (Å²) in [5, 5.41) is 44.1. The number of allylic oxidation sites excluding steroid dienone is 4. The molecule has 4 unspecified atom stereocenters. The highest BCUT2D eigenvalue weighted by molar-refractivity contribution is 5.80. The van der Waals surface area contributed by atoms with Gasteiger partial charge in [0.2, 0.25) is 5.91 Å². The van der Waals surface area contributed by atoms with E-state index in [1.165, 1.54) is 276 Å². The van der Waals surface area contributed by atoms with Gasteiger partial charge >= 0.3 is 0 Å². The third-order valence-corrected chi connectivity index (χ3v) is 15.1. The minimum absolute atomic E-state index is 0.365. The molecule has 0 radical (unpaired) electrons. The quantitative estimate of drug-likeness (QED) is 0.0308. The average Bonchev–Trinajstić information content (AvgIpc) is 3.36. The van der Waals surface area contributed by atoms with Crippen LogP contribution in [0.25, 0.3) is 0 Å². The third kappa shape index (κ3) is 51.7. The van der Waals surface area contributed by atoms with Crippen LogP contribution in [0.2, 0.25) is 0 Å². The van der Waals surface area contributed by atoms with Crippen LogP contribution in [0.4, 0.5) is 0 Å². The number of hydrogen-bond acceptors (Lipinski definition) is 5. The highest BCUT2D eigenvalue weighted by atomic mass is 16.3. The summed E-state index contributed by atoms with van der Waals surface area (Å²) in [6.45, 7) is 4.09. The molecule has 0 aliphatic carbocycles. The molecule has 0 rings (SSSR count). The number of unbranched alkanes of at least 4 members (excludes halogenated alkanes) is 46. The van der Waals surface area contributed by atoms with Crippen molar-refractivity contribution in [1.82, 2.24) is 5.32 Å². The van der Waals surface area contributed by atoms with Crippen LogP contribution in [0.3, 0.4) is 0 Å². The molecule has 0 fully saturated rings. The molecule has 0 aliphatic rings. The van der Waals surface area contributed by atoms with Gasteiger partial charge in [0.05, 0.1) is 18.8 Å². The fourth-order valence-corrected chi connectivity index (χ4v) is 10.2. The number of hydrogen-bond donors (Lipinski definition) is 5. The molecule has 0 heterocycles. The van der Waals surface area contributed by atoms with Crippen LogP contribution < -0.4 is 5.32 Å². The summed E-state index contributed by atoms with van der Waals surface area (Å²) in [5.41, 5.74) is 0. The van der Waals surface area contributed by atoms with Crippen molar-refractivity contribution in [1.29, 1.82) is 0 Å². The number of amides is 1. The molecule has 0 spiro atoms. The summed E-state index contributed by atoms with van der Waals surface area (Å²) in [7, 11) is 0. The number of rotatable bonds is 59. The minimum atomic E-state index is -1.29. The van der Waals surface area contributed by atoms with E-state index in [9.17, 15) is 25.2 Å². The predicted molar refractivity (Wildman–Crippen MR) is 307 cm³/mol. The van der Waals surface area contributed by atoms with Crippen LogP contribution in [-0.2, 0) is 4.79 Å². The van der Waals surface area contributed by atoms with Crippen LogP contribution >= 0.6 is 0 Å². The first-order valence-corrected chi connectivity index (χ1v) is 31.7. The minimum Gasteiger partial charge on any atom is -0.394 e. The van der Waals surface area contributed by atoms with Crippen molar-refractivity contribution < 1.29 is 25.2 Å². The lowest BCUT2D eigenvalue weighted by Gasteiger charge is -2.27. The molecule has 0 aromatic heterocycles. The summed E-state index contributed by atoms with van der Waals surface area (Å²) >= 11 is 0. The molecule has 6 nitrogen and oxygen atoms in total. The summed E-state index contributed by atoms with van der Waals surface area (Å²) < 4.78 is 0. The molecular formula is C64H125NO5. The summed E-state index contributed by atoms with van der Waals surface area (Å²) in [6.07, 6.45) is 72.8. The number of nitrogens with one attached hydrogen (secondary N) is 1. The molecule has 0 aromatic carbocycles. The predicted octanol–water partition coefficient (Wildman–Crippen LogP) is 19.0. The van der Waals surface area contributed by atoms with Crippen LogP contribution in [0.5, 0.6) is 0 Å². The van der Waals surface area contributed by atoms with E-state index in [2.05, 4.69) is 43.5 Å². The molecule has 4 atom stereocenters. The number of aliphatic hydroxyl groups is 4. The molecular weight excluding hydrogens is 863 g/mol. The Morgan fingerprint density at radius 1 is 0.343 bits per heavy atom. The Morgan fingerprint density at radius 2 is 0.600 bits per heavy atom. The van der Waals surface area contributed by atoms with Gasteiger partial charge in [-0.3, -0.25) is 4.79 Å². The van der Waals surface area contributed by atoms with Crippen LogP contribution in [0.1, 0.15) is 348 Å². The van der Waals surface area contributed by atoms with Gasteiger partial charge in [-0.05, 0) is 51.4 Å². The van der Waals surface area contributed by atoms with Crippen molar-refractivity contribution in [3.8, 4) is 0 Å². The first-order chi connectivity index (χ1) is 34.5. The zero-order chi connectivity index (χ0) is 50.9. The first kappa shape index (κ1) is 68.8. The van der Waals surface area contributed by atoms with E-state index < -0.39 is 36.9 Å². The normalized spacial score (nSPS) is 13.7. The van der Waals surface area contributed by atoms with E-state index >= 15 is 0 Å². The van der Waals surface area contributed by atoms with E-state index in [0.29, 0.717) is 19.3 Å². The number of aliphatic hydroxyl groups excluding tert-OH is 4. The fraction of sp³-hybridized carbons (Fsp3) is 0.922. The Hall–Kier alpha value is -1.21. The third-order valence-electron chi connectivity index (χ3n) is 15.1. The van der Waals surface area contributed by atoms with E-state index in [4.69, 9.17) is 0 Å². The van der Waals surface area contributed by atoms with Gasteiger partial charge in [-0.1, -0.05) is 321 Å². The molecule has 5 N–H and O–H groups in total. The van der Waals surface area contributed by atoms with E-state index in [1.54, 1.807) is 0 Å². The lowest BCUT2D eigenvalue weighted by atomic mass is 10.00. The van der Waals surface area contributed by atoms with Crippen molar-refractivity contribution in [2.75, 3.05) is 6.61 Å². The summed E-state index contributed by atoms with van der Waals surface area (Å²) in [4.78, 5) is 12.6. The van der Waals surface area contributed by atoms with Crippen LogP contribution in [-0.4, -0.2) is 57.3 Å². The molecule has 0 aromatic rings. The van der Waals surface area contributed by atoms with Crippen LogP contribution in [0.15, 0.2) is 24.3 Å². The second-order valence-corrected chi connectivity index (χ2v) is 22.1. The zero-order valence-electron chi connectivity index (χ0n) is 47.3. The van der Waals surface area contributed by atoms with Crippen molar-refractivity contribution >= 4 is 5.91 Å². The second kappa shape index (κ2) is 58.7. The number of carbonyl (C=O) groups excluding carboxylic acids is 1. The first-order valence-electron chi connectivity index (χ1n) is 31.7. The van der Waals surface area contributed by atoms with E-state index in [0.717, 1.165) is 38.5 Å². The Morgan fingerprint density at radius 3 is 0.900 bits per heavy atom. The van der Waals surface area contributed by atoms with Crippen molar-refractivity contribution in [2.24, 2.45) is 0 Å². The SMILES string of the molecule is CCCCCCCCCCCCCCCCCCCCC/C=C/CC/C=C/CCCC(O)C(O)C(CO)NC(=O)C(O)CCCCCCCCCCCCCCCCCCCCCCCCCCCC. The average molecular weight is 989 g/mol. The summed E-state index contributed by atoms with van der Waals surface area (Å²) in [6, 6.07) is -1.01. The zero-order valence-corrected chi connectivity index (χ0v) is 47.3. The van der Waals surface area contributed by atoms with Gasteiger partial charge in [0.1, 0.15) is 12.2 Å². The van der Waals surface area contributed by atoms with Gasteiger partial charge in [-0.2, -0.15) is 0 Å². The topological polar surface area (TPSA) is 110 Å². The van der Waals surface area contributed by atoms with Crippen molar-refractivity contribution in [3.05, 3.63) is 24.3 Å². The molecule has 416 valence electrons. The Labute approximate surface area is 437 Å².